The minimum absolute atomic E-state index is 0.447. The van der Waals surface area contributed by atoms with Gasteiger partial charge < -0.3 is 4.74 Å². The monoisotopic (exact) mass is 324 g/mol. The van der Waals surface area contributed by atoms with Crippen molar-refractivity contribution in [3.63, 3.8) is 0 Å². The van der Waals surface area contributed by atoms with Gasteiger partial charge in [0.25, 0.3) is 0 Å². The van der Waals surface area contributed by atoms with Crippen molar-refractivity contribution >= 4 is 27.5 Å². The van der Waals surface area contributed by atoms with Crippen LogP contribution in [-0.2, 0) is 12.5 Å². The summed E-state index contributed by atoms with van der Waals surface area (Å²) < 4.78 is 6.83. The summed E-state index contributed by atoms with van der Waals surface area (Å²) in [5.74, 6) is 1.28. The summed E-state index contributed by atoms with van der Waals surface area (Å²) in [4.78, 5) is 0. The third-order valence-corrected chi connectivity index (χ3v) is 3.74. The second kappa shape index (κ2) is 6.26. The van der Waals surface area contributed by atoms with Crippen LogP contribution in [0.4, 0.5) is 0 Å². The molecule has 0 spiro atoms. The maximum absolute atomic E-state index is 5.92. The molecule has 0 aliphatic rings. The average molecular weight is 326 g/mol. The Kier molecular flexibility index (Phi) is 4.67. The van der Waals surface area contributed by atoms with Gasteiger partial charge in [-0.25, -0.2) is 0 Å². The van der Waals surface area contributed by atoms with Crippen molar-refractivity contribution in [2.45, 2.75) is 19.4 Å². The molecule has 0 saturated carbocycles. The van der Waals surface area contributed by atoms with E-state index in [0.717, 1.165) is 15.8 Å². The van der Waals surface area contributed by atoms with E-state index >= 15 is 0 Å². The van der Waals surface area contributed by atoms with Gasteiger partial charge in [0.2, 0.25) is 0 Å². The van der Waals surface area contributed by atoms with Crippen LogP contribution in [0, 0.1) is 6.92 Å². The highest BCUT2D eigenvalue weighted by atomic mass is 79.9. The molecule has 0 aliphatic carbocycles. The van der Waals surface area contributed by atoms with Crippen LogP contribution in [0.15, 0.2) is 46.9 Å². The number of halogens is 2. The molecular formula is C15H14BrClO. The normalized spacial score (nSPS) is 10.4. The molecule has 0 radical (unpaired) electrons. The van der Waals surface area contributed by atoms with Crippen molar-refractivity contribution < 1.29 is 4.74 Å². The Morgan fingerprint density at radius 3 is 2.50 bits per heavy atom. The first-order chi connectivity index (χ1) is 8.72. The quantitative estimate of drug-likeness (QED) is 0.713. The minimum Gasteiger partial charge on any atom is -0.487 e. The molecule has 1 nitrogen and oxygen atoms in total. The largest absolute Gasteiger partial charge is 0.487 e. The molecule has 0 heterocycles. The molecular weight excluding hydrogens is 312 g/mol. The van der Waals surface area contributed by atoms with Gasteiger partial charge in [0.05, 0.1) is 10.4 Å². The van der Waals surface area contributed by atoms with Gasteiger partial charge in [-0.05, 0) is 40.0 Å². The van der Waals surface area contributed by atoms with E-state index in [0.29, 0.717) is 12.5 Å². The summed E-state index contributed by atoms with van der Waals surface area (Å²) in [7, 11) is 0. The van der Waals surface area contributed by atoms with Crippen LogP contribution in [0.5, 0.6) is 5.75 Å². The molecule has 0 aromatic heterocycles. The highest BCUT2D eigenvalue weighted by Gasteiger charge is 2.08. The molecule has 0 amide bonds. The zero-order valence-corrected chi connectivity index (χ0v) is 12.5. The van der Waals surface area contributed by atoms with E-state index < -0.39 is 0 Å². The Morgan fingerprint density at radius 1 is 1.06 bits per heavy atom. The number of benzene rings is 2. The number of aryl methyl sites for hydroxylation is 1. The number of alkyl halides is 1. The summed E-state index contributed by atoms with van der Waals surface area (Å²) in [6.45, 7) is 2.64. The summed E-state index contributed by atoms with van der Waals surface area (Å²) in [5, 5.41) is 0. The van der Waals surface area contributed by atoms with Crippen LogP contribution >= 0.6 is 27.5 Å². The fourth-order valence-electron chi connectivity index (χ4n) is 1.74. The Hall–Kier alpha value is -0.990. The van der Waals surface area contributed by atoms with E-state index in [4.69, 9.17) is 16.3 Å². The highest BCUT2D eigenvalue weighted by Crippen LogP contribution is 2.31. The lowest BCUT2D eigenvalue weighted by molar-refractivity contribution is 0.301. The van der Waals surface area contributed by atoms with Gasteiger partial charge in [-0.15, -0.1) is 11.6 Å². The fourth-order valence-corrected chi connectivity index (χ4v) is 2.47. The maximum Gasteiger partial charge on any atom is 0.138 e. The molecule has 2 aromatic carbocycles. The van der Waals surface area contributed by atoms with Crippen molar-refractivity contribution in [2.75, 3.05) is 0 Å². The number of hydrogen-bond donors (Lipinski definition) is 0. The first-order valence-electron chi connectivity index (χ1n) is 5.73. The van der Waals surface area contributed by atoms with Gasteiger partial charge in [0, 0.05) is 5.56 Å². The van der Waals surface area contributed by atoms with Crippen molar-refractivity contribution in [3.8, 4) is 5.75 Å². The fraction of sp³-hybridized carbons (Fsp3) is 0.200. The second-order valence-electron chi connectivity index (χ2n) is 4.08. The second-order valence-corrected chi connectivity index (χ2v) is 5.20. The first kappa shape index (κ1) is 13.4. The molecule has 2 aromatic rings. The van der Waals surface area contributed by atoms with Gasteiger partial charge in [-0.2, -0.15) is 0 Å². The van der Waals surface area contributed by atoms with E-state index in [1.807, 2.05) is 30.3 Å². The van der Waals surface area contributed by atoms with Crippen LogP contribution < -0.4 is 4.74 Å². The Balaban J connectivity index is 2.18. The lowest BCUT2D eigenvalue weighted by atomic mass is 10.1. The van der Waals surface area contributed by atoms with Gasteiger partial charge >= 0.3 is 0 Å². The van der Waals surface area contributed by atoms with E-state index in [9.17, 15) is 0 Å². The van der Waals surface area contributed by atoms with Crippen LogP contribution in [0.25, 0.3) is 0 Å². The third kappa shape index (κ3) is 3.06. The summed E-state index contributed by atoms with van der Waals surface area (Å²) >= 11 is 9.41. The molecule has 0 fully saturated rings. The van der Waals surface area contributed by atoms with Crippen LogP contribution in [-0.4, -0.2) is 0 Å². The van der Waals surface area contributed by atoms with Crippen molar-refractivity contribution in [1.29, 1.82) is 0 Å². The Morgan fingerprint density at radius 2 is 1.78 bits per heavy atom. The summed E-state index contributed by atoms with van der Waals surface area (Å²) in [6, 6.07) is 14.1. The highest BCUT2D eigenvalue weighted by molar-refractivity contribution is 9.10. The number of hydrogen-bond acceptors (Lipinski definition) is 1. The molecule has 0 N–H and O–H groups in total. The average Bonchev–Trinajstić information content (AvgIpc) is 2.39. The SMILES string of the molecule is Cc1ccccc1COc1c(Br)cccc1CCl. The topological polar surface area (TPSA) is 9.23 Å². The first-order valence-corrected chi connectivity index (χ1v) is 7.06. The molecule has 0 atom stereocenters. The van der Waals surface area contributed by atoms with E-state index in [2.05, 4.69) is 35.0 Å². The Bertz CT molecular complexity index is 540. The molecule has 0 saturated heterocycles. The van der Waals surface area contributed by atoms with Gasteiger partial charge in [-0.1, -0.05) is 36.4 Å². The van der Waals surface area contributed by atoms with Crippen molar-refractivity contribution in [1.82, 2.24) is 0 Å². The molecule has 18 heavy (non-hydrogen) atoms. The predicted octanol–water partition coefficient (Wildman–Crippen LogP) is 5.08. The molecule has 0 aliphatic heterocycles. The maximum atomic E-state index is 5.92. The minimum atomic E-state index is 0.447. The molecule has 0 bridgehead atoms. The van der Waals surface area contributed by atoms with E-state index in [1.54, 1.807) is 0 Å². The lowest BCUT2D eigenvalue weighted by Gasteiger charge is -2.13. The van der Waals surface area contributed by atoms with E-state index in [1.165, 1.54) is 11.1 Å². The third-order valence-electron chi connectivity index (χ3n) is 2.83. The summed E-state index contributed by atoms with van der Waals surface area (Å²) in [5.41, 5.74) is 3.42. The van der Waals surface area contributed by atoms with Crippen LogP contribution in [0.3, 0.4) is 0 Å². The standard InChI is InChI=1S/C15H14BrClO/c1-11-5-2-3-6-13(11)10-18-15-12(9-17)7-4-8-14(15)16/h2-8H,9-10H2,1H3. The summed E-state index contributed by atoms with van der Waals surface area (Å²) in [6.07, 6.45) is 0. The molecule has 94 valence electrons. The van der Waals surface area contributed by atoms with Gasteiger partial charge in [-0.3, -0.25) is 0 Å². The molecule has 3 heteroatoms. The smallest absolute Gasteiger partial charge is 0.138 e. The van der Waals surface area contributed by atoms with E-state index in [-0.39, 0.29) is 0 Å². The number of para-hydroxylation sites is 1. The lowest BCUT2D eigenvalue weighted by Crippen LogP contribution is -2.00. The zero-order chi connectivity index (χ0) is 13.0. The van der Waals surface area contributed by atoms with Crippen molar-refractivity contribution in [2.24, 2.45) is 0 Å². The van der Waals surface area contributed by atoms with Gasteiger partial charge in [0.15, 0.2) is 0 Å². The predicted molar refractivity (Wildman–Crippen MR) is 79.2 cm³/mol. The van der Waals surface area contributed by atoms with Crippen LogP contribution in [0.1, 0.15) is 16.7 Å². The van der Waals surface area contributed by atoms with Gasteiger partial charge in [0.1, 0.15) is 12.4 Å². The number of ether oxygens (including phenoxy) is 1. The number of rotatable bonds is 4. The Labute approximate surface area is 121 Å². The molecule has 2 rings (SSSR count). The zero-order valence-electron chi connectivity index (χ0n) is 10.1. The molecule has 0 unspecified atom stereocenters. The van der Waals surface area contributed by atoms with Crippen LogP contribution in [0.2, 0.25) is 0 Å². The van der Waals surface area contributed by atoms with Crippen molar-refractivity contribution in [3.05, 3.63) is 63.6 Å².